The van der Waals surface area contributed by atoms with Gasteiger partial charge in [-0.1, -0.05) is 0 Å². The highest BCUT2D eigenvalue weighted by Crippen LogP contribution is 1.99. The average Bonchev–Trinajstić information content (AvgIpc) is 2.24. The van der Waals surface area contributed by atoms with Crippen LogP contribution in [0.25, 0.3) is 0 Å². The van der Waals surface area contributed by atoms with Crippen LogP contribution >= 0.6 is 0 Å². The second-order valence-corrected chi connectivity index (χ2v) is 6.50. The molecule has 0 saturated carbocycles. The topological polar surface area (TPSA) is 92.5 Å². The Morgan fingerprint density at radius 2 is 2.06 bits per heavy atom. The molecule has 0 bridgehead atoms. The number of rotatable bonds is 8. The Hall–Kier alpha value is -0.660. The van der Waals surface area contributed by atoms with Gasteiger partial charge in [-0.3, -0.25) is 4.79 Å². The van der Waals surface area contributed by atoms with Crippen molar-refractivity contribution in [1.29, 1.82) is 0 Å². The van der Waals surface area contributed by atoms with Crippen LogP contribution in [0.3, 0.4) is 0 Å². The van der Waals surface area contributed by atoms with Crippen molar-refractivity contribution in [3.8, 4) is 0 Å². The molecule has 17 heavy (non-hydrogen) atoms. The summed E-state index contributed by atoms with van der Waals surface area (Å²) in [6, 6.07) is -0.732. The minimum Gasteiger partial charge on any atom is -0.344 e. The molecule has 0 heterocycles. The quantitative estimate of drug-likeness (QED) is 0.539. The molecule has 1 amide bonds. The SMILES string of the molecule is CNCCCN(C)C(=O)C(N)CCS(C)(=O)=O. The Balaban J connectivity index is 4.03. The van der Waals surface area contributed by atoms with Gasteiger partial charge in [0, 0.05) is 19.8 Å². The van der Waals surface area contributed by atoms with Crippen molar-refractivity contribution in [1.82, 2.24) is 10.2 Å². The summed E-state index contributed by atoms with van der Waals surface area (Å²) >= 11 is 0. The third-order valence-electron chi connectivity index (χ3n) is 2.41. The standard InChI is InChI=1S/C10H23N3O3S/c1-12-6-4-7-13(2)10(14)9(11)5-8-17(3,15)16/h9,12H,4-8,11H2,1-3H3. The van der Waals surface area contributed by atoms with Gasteiger partial charge in [0.1, 0.15) is 9.84 Å². The summed E-state index contributed by atoms with van der Waals surface area (Å²) in [6.45, 7) is 1.45. The van der Waals surface area contributed by atoms with Crippen molar-refractivity contribution < 1.29 is 13.2 Å². The summed E-state index contributed by atoms with van der Waals surface area (Å²) in [6.07, 6.45) is 2.16. The molecule has 0 aliphatic carbocycles. The maximum absolute atomic E-state index is 11.7. The van der Waals surface area contributed by atoms with E-state index in [2.05, 4.69) is 5.32 Å². The zero-order valence-corrected chi connectivity index (χ0v) is 11.6. The van der Waals surface area contributed by atoms with E-state index in [0.29, 0.717) is 6.54 Å². The number of hydrogen-bond donors (Lipinski definition) is 2. The third-order valence-corrected chi connectivity index (χ3v) is 3.39. The van der Waals surface area contributed by atoms with E-state index >= 15 is 0 Å². The predicted octanol–water partition coefficient (Wildman–Crippen LogP) is -1.18. The molecule has 0 aromatic rings. The van der Waals surface area contributed by atoms with Crippen molar-refractivity contribution in [2.24, 2.45) is 5.73 Å². The fourth-order valence-electron chi connectivity index (χ4n) is 1.35. The lowest BCUT2D eigenvalue weighted by Crippen LogP contribution is -2.43. The minimum absolute atomic E-state index is 0.0513. The molecule has 0 radical (unpaired) electrons. The number of sulfone groups is 1. The second kappa shape index (κ2) is 7.62. The van der Waals surface area contributed by atoms with Gasteiger partial charge in [0.25, 0.3) is 0 Å². The fourth-order valence-corrected chi connectivity index (χ4v) is 2.03. The van der Waals surface area contributed by atoms with Gasteiger partial charge >= 0.3 is 0 Å². The average molecular weight is 265 g/mol. The number of nitrogens with one attached hydrogen (secondary N) is 1. The van der Waals surface area contributed by atoms with Crippen LogP contribution in [0.5, 0.6) is 0 Å². The lowest BCUT2D eigenvalue weighted by molar-refractivity contribution is -0.131. The van der Waals surface area contributed by atoms with Crippen LogP contribution in [0.15, 0.2) is 0 Å². The van der Waals surface area contributed by atoms with E-state index in [0.717, 1.165) is 19.2 Å². The molecule has 7 heteroatoms. The Morgan fingerprint density at radius 1 is 1.47 bits per heavy atom. The molecule has 0 aromatic carbocycles. The van der Waals surface area contributed by atoms with Crippen molar-refractivity contribution in [2.75, 3.05) is 39.2 Å². The Morgan fingerprint density at radius 3 is 2.53 bits per heavy atom. The van der Waals surface area contributed by atoms with Gasteiger partial charge in [0.2, 0.25) is 5.91 Å². The first-order valence-electron chi connectivity index (χ1n) is 5.61. The number of carbonyl (C=O) groups excluding carboxylic acids is 1. The number of nitrogens with two attached hydrogens (primary N) is 1. The van der Waals surface area contributed by atoms with E-state index < -0.39 is 15.9 Å². The number of amides is 1. The first-order chi connectivity index (χ1) is 7.78. The third kappa shape index (κ3) is 8.12. The molecule has 1 unspecified atom stereocenters. The molecule has 0 rings (SSSR count). The molecular weight excluding hydrogens is 242 g/mol. The number of carbonyl (C=O) groups is 1. The molecule has 0 spiro atoms. The Kier molecular flexibility index (Phi) is 7.33. The van der Waals surface area contributed by atoms with Gasteiger partial charge < -0.3 is 16.0 Å². The number of nitrogens with zero attached hydrogens (tertiary/aromatic N) is 1. The lowest BCUT2D eigenvalue weighted by Gasteiger charge is -2.21. The summed E-state index contributed by atoms with van der Waals surface area (Å²) in [5.41, 5.74) is 5.66. The zero-order chi connectivity index (χ0) is 13.5. The highest BCUT2D eigenvalue weighted by Gasteiger charge is 2.19. The van der Waals surface area contributed by atoms with Crippen LogP contribution in [-0.2, 0) is 14.6 Å². The molecule has 102 valence electrons. The van der Waals surface area contributed by atoms with Crippen LogP contribution in [0.2, 0.25) is 0 Å². The van der Waals surface area contributed by atoms with E-state index in [9.17, 15) is 13.2 Å². The first-order valence-corrected chi connectivity index (χ1v) is 7.67. The van der Waals surface area contributed by atoms with Crippen molar-refractivity contribution in [2.45, 2.75) is 18.9 Å². The first kappa shape index (κ1) is 16.3. The smallest absolute Gasteiger partial charge is 0.239 e. The summed E-state index contributed by atoms with van der Waals surface area (Å²) in [4.78, 5) is 13.3. The predicted molar refractivity (Wildman–Crippen MR) is 68.5 cm³/mol. The number of likely N-dealkylation sites (N-methyl/N-ethyl adjacent to an activating group) is 1. The molecule has 6 nitrogen and oxygen atoms in total. The molecule has 0 aromatic heterocycles. The molecular formula is C10H23N3O3S. The monoisotopic (exact) mass is 265 g/mol. The van der Waals surface area contributed by atoms with Crippen molar-refractivity contribution >= 4 is 15.7 Å². The largest absolute Gasteiger partial charge is 0.344 e. The van der Waals surface area contributed by atoms with Crippen molar-refractivity contribution in [3.05, 3.63) is 0 Å². The molecule has 0 fully saturated rings. The normalized spacial score (nSPS) is 13.4. The zero-order valence-electron chi connectivity index (χ0n) is 10.8. The Bertz CT molecular complexity index is 330. The molecule has 0 saturated heterocycles. The Labute approximate surface area is 103 Å². The highest BCUT2D eigenvalue weighted by atomic mass is 32.2. The van der Waals surface area contributed by atoms with Gasteiger partial charge in [0.05, 0.1) is 11.8 Å². The summed E-state index contributed by atoms with van der Waals surface area (Å²) in [5.74, 6) is -0.255. The van der Waals surface area contributed by atoms with E-state index in [1.165, 1.54) is 0 Å². The fraction of sp³-hybridized carbons (Fsp3) is 0.900. The van der Waals surface area contributed by atoms with Crippen LogP contribution in [0, 0.1) is 0 Å². The number of hydrogen-bond acceptors (Lipinski definition) is 5. The minimum atomic E-state index is -3.06. The maximum atomic E-state index is 11.7. The van der Waals surface area contributed by atoms with Crippen LogP contribution in [-0.4, -0.2) is 64.5 Å². The van der Waals surface area contributed by atoms with Gasteiger partial charge in [-0.25, -0.2) is 8.42 Å². The summed E-state index contributed by atoms with van der Waals surface area (Å²) in [5, 5.41) is 2.99. The molecule has 0 aliphatic heterocycles. The second-order valence-electron chi connectivity index (χ2n) is 4.24. The van der Waals surface area contributed by atoms with E-state index in [-0.39, 0.29) is 18.1 Å². The van der Waals surface area contributed by atoms with Crippen LogP contribution in [0.1, 0.15) is 12.8 Å². The van der Waals surface area contributed by atoms with Crippen LogP contribution < -0.4 is 11.1 Å². The van der Waals surface area contributed by atoms with Gasteiger partial charge in [-0.05, 0) is 26.4 Å². The van der Waals surface area contributed by atoms with Gasteiger partial charge in [-0.15, -0.1) is 0 Å². The maximum Gasteiger partial charge on any atom is 0.239 e. The molecule has 1 atom stereocenters. The summed E-state index contributed by atoms with van der Waals surface area (Å²) in [7, 11) is 0.466. The molecule has 0 aliphatic rings. The molecule has 3 N–H and O–H groups in total. The van der Waals surface area contributed by atoms with E-state index in [1.54, 1.807) is 11.9 Å². The van der Waals surface area contributed by atoms with E-state index in [1.807, 2.05) is 7.05 Å². The van der Waals surface area contributed by atoms with Crippen molar-refractivity contribution in [3.63, 3.8) is 0 Å². The van der Waals surface area contributed by atoms with Gasteiger partial charge in [-0.2, -0.15) is 0 Å². The van der Waals surface area contributed by atoms with E-state index in [4.69, 9.17) is 5.73 Å². The van der Waals surface area contributed by atoms with Gasteiger partial charge in [0.15, 0.2) is 0 Å². The van der Waals surface area contributed by atoms with Crippen LogP contribution in [0.4, 0.5) is 0 Å². The lowest BCUT2D eigenvalue weighted by atomic mass is 10.2. The highest BCUT2D eigenvalue weighted by molar-refractivity contribution is 7.90. The summed E-state index contributed by atoms with van der Waals surface area (Å²) < 4.78 is 21.9.